The largest absolute Gasteiger partial charge is 0.344 e. The molecule has 0 aromatic carbocycles. The molecule has 3 aromatic rings. The van der Waals surface area contributed by atoms with Crippen LogP contribution in [0, 0.1) is 0 Å². The average molecular weight is 320 g/mol. The molecule has 1 aliphatic rings. The summed E-state index contributed by atoms with van der Waals surface area (Å²) in [5, 5.41) is 0. The first kappa shape index (κ1) is 14.5. The van der Waals surface area contributed by atoms with Gasteiger partial charge < -0.3 is 9.47 Å². The molecule has 0 radical (unpaired) electrons. The Morgan fingerprint density at radius 2 is 1.92 bits per heavy atom. The zero-order valence-corrected chi connectivity index (χ0v) is 13.2. The molecule has 120 valence electrons. The van der Waals surface area contributed by atoms with Gasteiger partial charge in [0.25, 0.3) is 0 Å². The van der Waals surface area contributed by atoms with Gasteiger partial charge in [0.2, 0.25) is 5.91 Å². The van der Waals surface area contributed by atoms with Crippen molar-refractivity contribution in [2.75, 3.05) is 13.6 Å². The van der Waals surface area contributed by atoms with Crippen molar-refractivity contribution in [1.82, 2.24) is 29.4 Å². The Morgan fingerprint density at radius 1 is 1.08 bits per heavy atom. The van der Waals surface area contributed by atoms with E-state index in [0.717, 1.165) is 24.2 Å². The van der Waals surface area contributed by atoms with Crippen LogP contribution in [0.1, 0.15) is 12.5 Å². The second kappa shape index (κ2) is 5.84. The van der Waals surface area contributed by atoms with Crippen LogP contribution in [0.2, 0.25) is 0 Å². The molecule has 0 spiro atoms. The number of imidazole rings is 1. The van der Waals surface area contributed by atoms with Gasteiger partial charge in [-0.1, -0.05) is 6.07 Å². The van der Waals surface area contributed by atoms with Crippen molar-refractivity contribution in [3.63, 3.8) is 0 Å². The SMILES string of the molecule is CN1CCC(n2ccnc2-c2cnc(-c3ccccn3)nc2)C1=O. The maximum Gasteiger partial charge on any atom is 0.245 e. The Kier molecular flexibility index (Phi) is 3.53. The molecule has 1 aliphatic heterocycles. The first-order valence-corrected chi connectivity index (χ1v) is 7.75. The van der Waals surface area contributed by atoms with Gasteiger partial charge in [0.1, 0.15) is 17.6 Å². The Labute approximate surface area is 139 Å². The lowest BCUT2D eigenvalue weighted by atomic mass is 10.2. The molecule has 0 N–H and O–H groups in total. The fourth-order valence-corrected chi connectivity index (χ4v) is 2.92. The number of amides is 1. The molecule has 24 heavy (non-hydrogen) atoms. The smallest absolute Gasteiger partial charge is 0.245 e. The van der Waals surface area contributed by atoms with Crippen LogP contribution in [-0.2, 0) is 4.79 Å². The molecular weight excluding hydrogens is 304 g/mol. The Morgan fingerprint density at radius 3 is 2.58 bits per heavy atom. The third-order valence-corrected chi connectivity index (χ3v) is 4.21. The third-order valence-electron chi connectivity index (χ3n) is 4.21. The number of aromatic nitrogens is 5. The molecule has 4 rings (SSSR count). The van der Waals surface area contributed by atoms with Gasteiger partial charge in [-0.05, 0) is 18.6 Å². The molecule has 0 bridgehead atoms. The molecule has 1 amide bonds. The zero-order chi connectivity index (χ0) is 16.5. The summed E-state index contributed by atoms with van der Waals surface area (Å²) in [5.74, 6) is 1.38. The van der Waals surface area contributed by atoms with Gasteiger partial charge in [0.05, 0.1) is 5.56 Å². The van der Waals surface area contributed by atoms with Crippen molar-refractivity contribution in [3.8, 4) is 22.9 Å². The number of carbonyl (C=O) groups is 1. The van der Waals surface area contributed by atoms with Crippen molar-refractivity contribution >= 4 is 5.91 Å². The van der Waals surface area contributed by atoms with E-state index in [1.165, 1.54) is 0 Å². The van der Waals surface area contributed by atoms with Crippen LogP contribution < -0.4 is 0 Å². The number of nitrogens with zero attached hydrogens (tertiary/aromatic N) is 6. The van der Waals surface area contributed by atoms with Crippen molar-refractivity contribution < 1.29 is 4.79 Å². The summed E-state index contributed by atoms with van der Waals surface area (Å²) in [4.78, 5) is 31.4. The van der Waals surface area contributed by atoms with Gasteiger partial charge in [0, 0.05) is 44.6 Å². The molecule has 7 heteroatoms. The number of likely N-dealkylation sites (N-methyl/N-ethyl adjacent to an activating group) is 1. The van der Waals surface area contributed by atoms with Crippen molar-refractivity contribution in [2.24, 2.45) is 0 Å². The zero-order valence-electron chi connectivity index (χ0n) is 13.2. The highest BCUT2D eigenvalue weighted by atomic mass is 16.2. The second-order valence-electron chi connectivity index (χ2n) is 5.73. The standard InChI is InChI=1S/C17H16N6O/c1-22-8-5-14(17(22)24)23-9-7-19-16(23)12-10-20-15(21-11-12)13-4-2-3-6-18-13/h2-4,6-7,9-11,14H,5,8H2,1H3. The van der Waals surface area contributed by atoms with Crippen LogP contribution in [-0.4, -0.2) is 48.9 Å². The molecule has 0 aliphatic carbocycles. The van der Waals surface area contributed by atoms with E-state index < -0.39 is 0 Å². The molecule has 3 aromatic heterocycles. The lowest BCUT2D eigenvalue weighted by Gasteiger charge is -2.14. The predicted molar refractivity (Wildman–Crippen MR) is 87.8 cm³/mol. The first-order valence-electron chi connectivity index (χ1n) is 7.75. The highest BCUT2D eigenvalue weighted by Crippen LogP contribution is 2.27. The Balaban J connectivity index is 1.66. The van der Waals surface area contributed by atoms with Crippen molar-refractivity contribution in [1.29, 1.82) is 0 Å². The minimum absolute atomic E-state index is 0.111. The summed E-state index contributed by atoms with van der Waals surface area (Å²) in [5.41, 5.74) is 1.50. The summed E-state index contributed by atoms with van der Waals surface area (Å²) in [6.45, 7) is 0.760. The van der Waals surface area contributed by atoms with Crippen LogP contribution in [0.3, 0.4) is 0 Å². The summed E-state index contributed by atoms with van der Waals surface area (Å²) in [6, 6.07) is 5.41. The maximum atomic E-state index is 12.3. The number of likely N-dealkylation sites (tertiary alicyclic amines) is 1. The molecule has 7 nitrogen and oxygen atoms in total. The lowest BCUT2D eigenvalue weighted by molar-refractivity contribution is -0.129. The fraction of sp³-hybridized carbons (Fsp3) is 0.235. The van der Waals surface area contributed by atoms with E-state index in [-0.39, 0.29) is 11.9 Å². The van der Waals surface area contributed by atoms with Crippen LogP contribution in [0.15, 0.2) is 49.2 Å². The molecule has 1 fully saturated rings. The lowest BCUT2D eigenvalue weighted by Crippen LogP contribution is -2.24. The maximum absolute atomic E-state index is 12.3. The minimum atomic E-state index is -0.206. The summed E-state index contributed by atoms with van der Waals surface area (Å²) in [7, 11) is 1.82. The van der Waals surface area contributed by atoms with Crippen LogP contribution >= 0.6 is 0 Å². The van der Waals surface area contributed by atoms with E-state index in [1.807, 2.05) is 36.0 Å². The molecule has 1 atom stereocenters. The van der Waals surface area contributed by atoms with E-state index >= 15 is 0 Å². The van der Waals surface area contributed by atoms with E-state index in [4.69, 9.17) is 0 Å². The van der Waals surface area contributed by atoms with Crippen LogP contribution in [0.5, 0.6) is 0 Å². The topological polar surface area (TPSA) is 76.8 Å². The third kappa shape index (κ3) is 2.44. The van der Waals surface area contributed by atoms with E-state index in [2.05, 4.69) is 19.9 Å². The molecular formula is C17H16N6O. The van der Waals surface area contributed by atoms with Crippen molar-refractivity contribution in [2.45, 2.75) is 12.5 Å². The van der Waals surface area contributed by atoms with Crippen molar-refractivity contribution in [3.05, 3.63) is 49.2 Å². The Hall–Kier alpha value is -3.09. The highest BCUT2D eigenvalue weighted by molar-refractivity contribution is 5.83. The number of hydrogen-bond acceptors (Lipinski definition) is 5. The number of rotatable bonds is 3. The molecule has 1 saturated heterocycles. The monoisotopic (exact) mass is 320 g/mol. The van der Waals surface area contributed by atoms with Gasteiger partial charge in [-0.25, -0.2) is 15.0 Å². The number of pyridine rings is 1. The van der Waals surface area contributed by atoms with Gasteiger partial charge in [-0.3, -0.25) is 9.78 Å². The molecule has 4 heterocycles. The number of hydrogen-bond donors (Lipinski definition) is 0. The summed E-state index contributed by atoms with van der Waals surface area (Å²) >= 11 is 0. The predicted octanol–water partition coefficient (Wildman–Crippen LogP) is 1.81. The average Bonchev–Trinajstić information content (AvgIpc) is 3.23. The molecule has 1 unspecified atom stereocenters. The van der Waals surface area contributed by atoms with Crippen LogP contribution in [0.25, 0.3) is 22.9 Å². The summed E-state index contributed by atoms with van der Waals surface area (Å²) in [6.07, 6.45) is 9.47. The van der Waals surface area contributed by atoms with Gasteiger partial charge in [-0.15, -0.1) is 0 Å². The van der Waals surface area contributed by atoms with Gasteiger partial charge >= 0.3 is 0 Å². The highest BCUT2D eigenvalue weighted by Gasteiger charge is 2.31. The first-order chi connectivity index (χ1) is 11.7. The second-order valence-corrected chi connectivity index (χ2v) is 5.73. The fourth-order valence-electron chi connectivity index (χ4n) is 2.92. The van der Waals surface area contributed by atoms with Gasteiger partial charge in [0.15, 0.2) is 5.82 Å². The van der Waals surface area contributed by atoms with Crippen LogP contribution in [0.4, 0.5) is 0 Å². The Bertz CT molecular complexity index is 858. The number of carbonyl (C=O) groups excluding carboxylic acids is 1. The summed E-state index contributed by atoms with van der Waals surface area (Å²) < 4.78 is 1.91. The normalized spacial score (nSPS) is 17.5. The quantitative estimate of drug-likeness (QED) is 0.735. The van der Waals surface area contributed by atoms with E-state index in [1.54, 1.807) is 29.7 Å². The van der Waals surface area contributed by atoms with Gasteiger partial charge in [-0.2, -0.15) is 0 Å². The van der Waals surface area contributed by atoms with E-state index in [9.17, 15) is 4.79 Å². The molecule has 0 saturated carbocycles. The van der Waals surface area contributed by atoms with E-state index in [0.29, 0.717) is 11.6 Å². The minimum Gasteiger partial charge on any atom is -0.344 e.